The lowest BCUT2D eigenvalue weighted by Gasteiger charge is -2.32. The van der Waals surface area contributed by atoms with Crippen LogP contribution in [0.15, 0.2) is 42.5 Å². The predicted molar refractivity (Wildman–Crippen MR) is 279 cm³/mol. The molecule has 20 heteroatoms. The number of hydrogen-bond donors (Lipinski definition) is 4. The highest BCUT2D eigenvalue weighted by atomic mass is 127. The Balaban J connectivity index is 0.000000176. The molecule has 3 saturated heterocycles. The lowest BCUT2D eigenvalue weighted by Crippen LogP contribution is -2.41. The van der Waals surface area contributed by atoms with Gasteiger partial charge in [0.1, 0.15) is 17.5 Å². The van der Waals surface area contributed by atoms with Crippen molar-refractivity contribution >= 4 is 67.0 Å². The number of hydrogen-bond acceptors (Lipinski definition) is 10. The summed E-state index contributed by atoms with van der Waals surface area (Å²) in [6.07, 6.45) is 6.59. The van der Waals surface area contributed by atoms with Gasteiger partial charge in [-0.25, -0.2) is 18.0 Å². The molecule has 388 valence electrons. The van der Waals surface area contributed by atoms with Crippen LogP contribution in [0.4, 0.5) is 13.2 Å². The Morgan fingerprint density at radius 1 is 0.563 bits per heavy atom. The maximum absolute atomic E-state index is 14.3. The van der Waals surface area contributed by atoms with Gasteiger partial charge in [0.2, 0.25) is 0 Å². The summed E-state index contributed by atoms with van der Waals surface area (Å²) in [5.41, 5.74) is 5.54. The van der Waals surface area contributed by atoms with Gasteiger partial charge < -0.3 is 49.4 Å². The van der Waals surface area contributed by atoms with Crippen molar-refractivity contribution in [2.45, 2.75) is 194 Å². The van der Waals surface area contributed by atoms with Gasteiger partial charge >= 0.3 is 27.1 Å². The van der Waals surface area contributed by atoms with E-state index >= 15 is 0 Å². The average molecular weight is 1100 g/mol. The van der Waals surface area contributed by atoms with Crippen molar-refractivity contribution in [3.63, 3.8) is 0 Å². The van der Waals surface area contributed by atoms with Gasteiger partial charge in [0.15, 0.2) is 0 Å². The summed E-state index contributed by atoms with van der Waals surface area (Å²) in [5.74, 6) is -2.74. The van der Waals surface area contributed by atoms with E-state index in [-0.39, 0.29) is 51.6 Å². The van der Waals surface area contributed by atoms with Crippen LogP contribution in [0.1, 0.15) is 169 Å². The highest BCUT2D eigenvalue weighted by molar-refractivity contribution is 14.1. The quantitative estimate of drug-likeness (QED) is 0.131. The number of aromatic carboxylic acids is 1. The smallest absolute Gasteiger partial charge is 0.478 e. The van der Waals surface area contributed by atoms with Gasteiger partial charge in [-0.15, -0.1) is 0 Å². The van der Waals surface area contributed by atoms with Crippen molar-refractivity contribution in [1.29, 1.82) is 0 Å². The van der Waals surface area contributed by atoms with Crippen LogP contribution >= 0.6 is 22.6 Å². The summed E-state index contributed by atoms with van der Waals surface area (Å²) in [7, 11) is -1.63. The van der Waals surface area contributed by atoms with Crippen LogP contribution in [0.5, 0.6) is 0 Å². The van der Waals surface area contributed by atoms with Gasteiger partial charge in [0, 0.05) is 32.8 Å². The molecular weight excluding hydrogens is 1030 g/mol. The van der Waals surface area contributed by atoms with E-state index in [1.54, 1.807) is 32.9 Å². The number of carbonyl (C=O) groups excluding carboxylic acids is 2. The minimum atomic E-state index is -1.11. The first-order valence-corrected chi connectivity index (χ1v) is 25.3. The molecule has 71 heavy (non-hydrogen) atoms. The second-order valence-electron chi connectivity index (χ2n) is 22.2. The number of nitrogens with one attached hydrogen (secondary N) is 2. The molecule has 9 rings (SSSR count). The molecule has 5 N–H and O–H groups in total. The van der Waals surface area contributed by atoms with Crippen molar-refractivity contribution in [2.24, 2.45) is 5.73 Å². The van der Waals surface area contributed by atoms with Crippen LogP contribution in [-0.4, -0.2) is 95.8 Å². The van der Waals surface area contributed by atoms with E-state index in [2.05, 4.69) is 10.6 Å². The molecule has 2 amide bonds. The third-order valence-corrected chi connectivity index (χ3v) is 15.4. The molecule has 3 aliphatic heterocycles. The molecule has 0 unspecified atom stereocenters. The summed E-state index contributed by atoms with van der Waals surface area (Å²) in [5, 5.41) is 14.1. The van der Waals surface area contributed by atoms with Gasteiger partial charge in [-0.2, -0.15) is 0 Å². The van der Waals surface area contributed by atoms with Gasteiger partial charge in [0.05, 0.1) is 39.2 Å². The number of amides is 2. The zero-order chi connectivity index (χ0) is 53.4. The molecule has 6 fully saturated rings. The van der Waals surface area contributed by atoms with Crippen LogP contribution in [0.2, 0.25) is 0 Å². The Morgan fingerprint density at radius 2 is 0.915 bits per heavy atom. The first kappa shape index (κ1) is 58.4. The molecule has 0 aromatic heterocycles. The Labute approximate surface area is 432 Å². The predicted octanol–water partition coefficient (Wildman–Crippen LogP) is 9.15. The normalized spacial score (nSPS) is 21.5. The average Bonchev–Trinajstić information content (AvgIpc) is 4.17. The van der Waals surface area contributed by atoms with Crippen molar-refractivity contribution in [3.8, 4) is 0 Å². The Bertz CT molecular complexity index is 2340. The van der Waals surface area contributed by atoms with Gasteiger partial charge in [-0.3, -0.25) is 9.59 Å². The summed E-state index contributed by atoms with van der Waals surface area (Å²) in [6, 6.07) is 10.9. The lowest BCUT2D eigenvalue weighted by atomic mass is 9.49. The molecular formula is C51H72B3F3IN3O10. The van der Waals surface area contributed by atoms with E-state index in [1.165, 1.54) is 37.1 Å². The third-order valence-electron chi connectivity index (χ3n) is 14.3. The first-order chi connectivity index (χ1) is 32.6. The largest absolute Gasteiger partial charge is 0.495 e. The van der Waals surface area contributed by atoms with E-state index < -0.39 is 49.9 Å². The zero-order valence-electron chi connectivity index (χ0n) is 44.0. The minimum Gasteiger partial charge on any atom is -0.478 e. The van der Waals surface area contributed by atoms with Crippen LogP contribution in [-0.2, 0) is 27.9 Å². The maximum Gasteiger partial charge on any atom is 0.495 e. The van der Waals surface area contributed by atoms with Crippen molar-refractivity contribution < 1.29 is 60.6 Å². The minimum absolute atomic E-state index is 0.0203. The topological polar surface area (TPSA) is 177 Å². The fourth-order valence-corrected chi connectivity index (χ4v) is 7.23. The Kier molecular flexibility index (Phi) is 18.2. The highest BCUT2D eigenvalue weighted by Gasteiger charge is 2.64. The molecule has 6 aliphatic rings. The molecule has 0 bridgehead atoms. The fourth-order valence-electron chi connectivity index (χ4n) is 6.64. The van der Waals surface area contributed by atoms with E-state index in [0.717, 1.165) is 35.3 Å². The number of benzene rings is 3. The van der Waals surface area contributed by atoms with Crippen LogP contribution in [0, 0.1) is 41.8 Å². The van der Waals surface area contributed by atoms with E-state index in [9.17, 15) is 27.6 Å². The third kappa shape index (κ3) is 15.1. The number of carboxylic acids is 1. The van der Waals surface area contributed by atoms with Crippen molar-refractivity contribution in [2.75, 3.05) is 0 Å². The van der Waals surface area contributed by atoms with Gasteiger partial charge in [0.25, 0.3) is 11.8 Å². The Morgan fingerprint density at radius 3 is 1.25 bits per heavy atom. The summed E-state index contributed by atoms with van der Waals surface area (Å²) < 4.78 is 77.0. The number of rotatable bonds is 7. The summed E-state index contributed by atoms with van der Waals surface area (Å²) in [6.45, 7) is 29.0. The lowest BCUT2D eigenvalue weighted by molar-refractivity contribution is 0.00578. The van der Waals surface area contributed by atoms with Gasteiger partial charge in [-0.05, 0) is 224 Å². The number of carbonyl (C=O) groups is 3. The maximum atomic E-state index is 14.3. The molecule has 0 spiro atoms. The first-order valence-electron chi connectivity index (χ1n) is 24.3. The molecule has 0 radical (unpaired) electrons. The summed E-state index contributed by atoms with van der Waals surface area (Å²) in [4.78, 5) is 34.1. The van der Waals surface area contributed by atoms with Crippen LogP contribution in [0.3, 0.4) is 0 Å². The second-order valence-corrected chi connectivity index (χ2v) is 23.3. The van der Waals surface area contributed by atoms with E-state index in [4.69, 9.17) is 38.8 Å². The van der Waals surface area contributed by atoms with Crippen LogP contribution < -0.4 is 21.8 Å². The second kappa shape index (κ2) is 22.1. The SMILES string of the molecule is CC1(C)OB(B2OC(C)(C)C(C)(C)O2)OC1(C)C.Cc1c(F)cc(C(=O)NC2CC2)cc1B1OC(C)(C)C(C)(C)O1.Cc1c(F)cc(C(=O)NC2CC2)cc1I.Cc1ccc(C(=O)O)cc1F.NC1CC1. The standard InChI is InChI=1S/C17H23BFNO3.C12H24B2O4.C11H11FINO.C8H7FO2.C3H7N/c1-10-13(18-22-16(2,3)17(4,5)23-18)8-11(9-14(10)19)15(21)20-12-6-7-12;1-9(2)10(3,4)16-13(15-9)14-17-11(5,6)12(7,8)18-14;1-6-9(12)4-7(5-10(6)13)11(15)14-8-2-3-8;1-5-2-3-6(8(10)11)4-7(5)9;4-3-1-2-3/h8-9,12H,6-7H2,1-5H3,(H,20,21);1-8H3;4-5,8H,2-3H2,1H3,(H,14,15);2-4H,1H3,(H,10,11);3H,1-2,4H2. The molecule has 3 heterocycles. The zero-order valence-corrected chi connectivity index (χ0v) is 46.1. The summed E-state index contributed by atoms with van der Waals surface area (Å²) >= 11 is 2.04. The van der Waals surface area contributed by atoms with E-state index in [0.29, 0.717) is 45.4 Å². The molecule has 3 aromatic carbocycles. The number of carboxylic acid groups (broad SMARTS) is 1. The van der Waals surface area contributed by atoms with Gasteiger partial charge in [-0.1, -0.05) is 6.07 Å². The van der Waals surface area contributed by atoms with Crippen molar-refractivity contribution in [3.05, 3.63) is 96.9 Å². The molecule has 3 aromatic rings. The van der Waals surface area contributed by atoms with E-state index in [1.807, 2.05) is 106 Å². The van der Waals surface area contributed by atoms with Crippen LogP contribution in [0.25, 0.3) is 0 Å². The Hall–Kier alpha value is -3.50. The number of halogens is 4. The highest BCUT2D eigenvalue weighted by Crippen LogP contribution is 2.43. The molecule has 3 aliphatic carbocycles. The fraction of sp³-hybridized carbons (Fsp3) is 0.588. The number of nitrogens with two attached hydrogens (primary N) is 1. The van der Waals surface area contributed by atoms with Crippen molar-refractivity contribution in [1.82, 2.24) is 10.6 Å². The number of aryl methyl sites for hydroxylation is 1. The molecule has 3 saturated carbocycles. The molecule has 13 nitrogen and oxygen atoms in total. The monoisotopic (exact) mass is 1100 g/mol. The molecule has 0 atom stereocenters.